The fraction of sp³-hybridized carbons (Fsp3) is 0.158. The van der Waals surface area contributed by atoms with Crippen LogP contribution in [-0.4, -0.2) is 35.5 Å². The van der Waals surface area contributed by atoms with Crippen molar-refractivity contribution >= 4 is 33.1 Å². The van der Waals surface area contributed by atoms with Crippen molar-refractivity contribution in [1.29, 1.82) is 0 Å². The van der Waals surface area contributed by atoms with Crippen molar-refractivity contribution in [3.8, 4) is 11.6 Å². The van der Waals surface area contributed by atoms with Gasteiger partial charge >= 0.3 is 0 Å². The Bertz CT molecular complexity index is 1150. The van der Waals surface area contributed by atoms with Gasteiger partial charge in [0.15, 0.2) is 20.6 Å². The second kappa shape index (κ2) is 8.23. The van der Waals surface area contributed by atoms with Crippen LogP contribution in [-0.2, 0) is 14.6 Å². The number of sulfone groups is 1. The van der Waals surface area contributed by atoms with E-state index in [9.17, 15) is 13.2 Å². The molecule has 0 radical (unpaired) electrons. The highest BCUT2D eigenvalue weighted by Gasteiger charge is 2.14. The van der Waals surface area contributed by atoms with Crippen LogP contribution in [0.25, 0.3) is 0 Å². The van der Waals surface area contributed by atoms with Gasteiger partial charge < -0.3 is 15.4 Å². The number of amides is 1. The molecule has 10 heteroatoms. The molecule has 0 spiro atoms. The number of hydrogen-bond acceptors (Lipinski definition) is 8. The van der Waals surface area contributed by atoms with E-state index in [-0.39, 0.29) is 10.9 Å². The fourth-order valence-electron chi connectivity index (χ4n) is 2.42. The van der Waals surface area contributed by atoms with Crippen molar-refractivity contribution in [1.82, 2.24) is 15.0 Å². The van der Waals surface area contributed by atoms with Crippen LogP contribution < -0.4 is 15.4 Å². The van der Waals surface area contributed by atoms with Gasteiger partial charge in [0.25, 0.3) is 0 Å². The van der Waals surface area contributed by atoms with Crippen molar-refractivity contribution in [2.24, 2.45) is 0 Å². The zero-order chi connectivity index (χ0) is 21.0. The van der Waals surface area contributed by atoms with Gasteiger partial charge in [-0.3, -0.25) is 4.79 Å². The number of ether oxygens (including phenoxy) is 1. The lowest BCUT2D eigenvalue weighted by Gasteiger charge is -2.14. The van der Waals surface area contributed by atoms with Gasteiger partial charge in [-0.05, 0) is 30.7 Å². The van der Waals surface area contributed by atoms with Crippen molar-refractivity contribution < 1.29 is 17.9 Å². The zero-order valence-corrected chi connectivity index (χ0v) is 16.8. The molecule has 0 saturated heterocycles. The van der Waals surface area contributed by atoms with Gasteiger partial charge in [0.05, 0.1) is 11.9 Å². The Morgan fingerprint density at radius 1 is 1.10 bits per heavy atom. The third-order valence-corrected chi connectivity index (χ3v) is 4.58. The van der Waals surface area contributed by atoms with Gasteiger partial charge in [-0.15, -0.1) is 0 Å². The lowest BCUT2D eigenvalue weighted by molar-refractivity contribution is -0.114. The average molecular weight is 413 g/mol. The maximum Gasteiger partial charge on any atom is 0.222 e. The number of aryl methyl sites for hydroxylation is 1. The summed E-state index contributed by atoms with van der Waals surface area (Å²) in [6.45, 7) is 3.13. The molecule has 0 aromatic carbocycles. The summed E-state index contributed by atoms with van der Waals surface area (Å²) in [5, 5.41) is 5.58. The van der Waals surface area contributed by atoms with Crippen LogP contribution in [0.5, 0.6) is 11.6 Å². The first-order chi connectivity index (χ1) is 13.7. The van der Waals surface area contributed by atoms with Gasteiger partial charge in [0.2, 0.25) is 11.8 Å². The van der Waals surface area contributed by atoms with Crippen LogP contribution in [0, 0.1) is 6.92 Å². The maximum atomic E-state index is 11.9. The Balaban J connectivity index is 2.01. The van der Waals surface area contributed by atoms with Gasteiger partial charge in [-0.1, -0.05) is 6.07 Å². The number of rotatable bonds is 6. The van der Waals surface area contributed by atoms with E-state index in [1.165, 1.54) is 19.2 Å². The number of anilines is 3. The molecule has 0 aliphatic carbocycles. The quantitative estimate of drug-likeness (QED) is 0.632. The number of carbonyl (C=O) groups is 1. The van der Waals surface area contributed by atoms with E-state index in [1.54, 1.807) is 43.5 Å². The summed E-state index contributed by atoms with van der Waals surface area (Å²) in [7, 11) is -3.48. The van der Waals surface area contributed by atoms with E-state index in [0.717, 1.165) is 6.26 Å². The van der Waals surface area contributed by atoms with Gasteiger partial charge in [0, 0.05) is 31.5 Å². The van der Waals surface area contributed by atoms with Gasteiger partial charge in [-0.2, -0.15) is 0 Å². The number of hydrogen-bond donors (Lipinski definition) is 2. The highest BCUT2D eigenvalue weighted by Crippen LogP contribution is 2.32. The van der Waals surface area contributed by atoms with E-state index in [0.29, 0.717) is 34.5 Å². The second-order valence-electron chi connectivity index (χ2n) is 6.28. The molecular weight excluding hydrogens is 394 g/mol. The number of nitrogens with zero attached hydrogens (tertiary/aromatic N) is 3. The standard InChI is InChI=1S/C19H19N5O4S/c1-12-8-17(24-19(9-12)29(3,26)27)23-14-10-16(22-13(2)25)21-11-15(14)28-18-6-4-5-7-20-18/h4-11H,1-3H3,(H2,21,22,23,24,25). The van der Waals surface area contributed by atoms with E-state index in [4.69, 9.17) is 4.74 Å². The molecule has 0 bridgehead atoms. The Morgan fingerprint density at radius 3 is 2.55 bits per heavy atom. The van der Waals surface area contributed by atoms with E-state index >= 15 is 0 Å². The predicted molar refractivity (Wildman–Crippen MR) is 108 cm³/mol. The minimum absolute atomic E-state index is 0.0525. The molecule has 3 rings (SSSR count). The van der Waals surface area contributed by atoms with Crippen LogP contribution in [0.15, 0.2) is 53.8 Å². The number of carbonyl (C=O) groups excluding carboxylic acids is 1. The largest absolute Gasteiger partial charge is 0.435 e. The van der Waals surface area contributed by atoms with Crippen molar-refractivity contribution in [3.63, 3.8) is 0 Å². The van der Waals surface area contributed by atoms with E-state index in [1.807, 2.05) is 0 Å². The first kappa shape index (κ1) is 20.2. The summed E-state index contributed by atoms with van der Waals surface area (Å²) in [5.74, 6) is 0.983. The highest BCUT2D eigenvalue weighted by atomic mass is 32.2. The molecule has 150 valence electrons. The summed E-state index contributed by atoms with van der Waals surface area (Å²) in [5.41, 5.74) is 1.14. The van der Waals surface area contributed by atoms with Crippen LogP contribution in [0.4, 0.5) is 17.3 Å². The van der Waals surface area contributed by atoms with Gasteiger partial charge in [0.1, 0.15) is 11.6 Å². The number of pyridine rings is 3. The van der Waals surface area contributed by atoms with Crippen molar-refractivity contribution in [3.05, 3.63) is 54.4 Å². The predicted octanol–water partition coefficient (Wildman–Crippen LogP) is 3.08. The maximum absolute atomic E-state index is 11.9. The zero-order valence-electron chi connectivity index (χ0n) is 16.0. The molecular formula is C19H19N5O4S. The summed E-state index contributed by atoms with van der Waals surface area (Å²) in [6.07, 6.45) is 4.10. The molecule has 0 saturated carbocycles. The van der Waals surface area contributed by atoms with Crippen LogP contribution in [0.1, 0.15) is 12.5 Å². The Labute approximate surface area is 168 Å². The lowest BCUT2D eigenvalue weighted by atomic mass is 10.3. The molecule has 0 aliphatic rings. The minimum atomic E-state index is -3.48. The highest BCUT2D eigenvalue weighted by molar-refractivity contribution is 7.90. The number of nitrogens with one attached hydrogen (secondary N) is 2. The molecule has 9 nitrogen and oxygen atoms in total. The molecule has 3 aromatic rings. The van der Waals surface area contributed by atoms with E-state index < -0.39 is 9.84 Å². The fourth-order valence-corrected chi connectivity index (χ4v) is 3.08. The van der Waals surface area contributed by atoms with E-state index in [2.05, 4.69) is 25.6 Å². The first-order valence-electron chi connectivity index (χ1n) is 8.53. The summed E-state index contributed by atoms with van der Waals surface area (Å²) < 4.78 is 29.6. The number of aromatic nitrogens is 3. The van der Waals surface area contributed by atoms with Crippen LogP contribution >= 0.6 is 0 Å². The van der Waals surface area contributed by atoms with Crippen molar-refractivity contribution in [2.75, 3.05) is 16.9 Å². The molecule has 0 atom stereocenters. The third kappa shape index (κ3) is 5.48. The van der Waals surface area contributed by atoms with Crippen LogP contribution in [0.2, 0.25) is 0 Å². The lowest BCUT2D eigenvalue weighted by Crippen LogP contribution is -2.09. The SMILES string of the molecule is CC(=O)Nc1cc(Nc2cc(C)cc(S(C)(=O)=O)n2)c(Oc2ccccn2)cn1. The second-order valence-corrected chi connectivity index (χ2v) is 8.24. The van der Waals surface area contributed by atoms with Crippen molar-refractivity contribution in [2.45, 2.75) is 18.9 Å². The monoisotopic (exact) mass is 413 g/mol. The first-order valence-corrected chi connectivity index (χ1v) is 10.4. The Morgan fingerprint density at radius 2 is 1.90 bits per heavy atom. The third-order valence-electron chi connectivity index (χ3n) is 3.61. The molecule has 0 aliphatic heterocycles. The molecule has 2 N–H and O–H groups in total. The Kier molecular flexibility index (Phi) is 5.74. The molecule has 3 heterocycles. The average Bonchev–Trinajstić information content (AvgIpc) is 2.63. The summed E-state index contributed by atoms with van der Waals surface area (Å²) in [6, 6.07) is 9.95. The minimum Gasteiger partial charge on any atom is -0.435 e. The topological polar surface area (TPSA) is 123 Å². The summed E-state index contributed by atoms with van der Waals surface area (Å²) in [4.78, 5) is 23.8. The molecule has 0 fully saturated rings. The normalized spacial score (nSPS) is 11.0. The molecule has 0 unspecified atom stereocenters. The molecule has 3 aromatic heterocycles. The summed E-state index contributed by atoms with van der Waals surface area (Å²) >= 11 is 0. The molecule has 1 amide bonds. The Hall–Kier alpha value is -3.53. The molecule has 29 heavy (non-hydrogen) atoms. The van der Waals surface area contributed by atoms with Crippen LogP contribution in [0.3, 0.4) is 0 Å². The smallest absolute Gasteiger partial charge is 0.222 e. The van der Waals surface area contributed by atoms with Gasteiger partial charge in [-0.25, -0.2) is 23.4 Å².